The zero-order valence-electron chi connectivity index (χ0n) is 11.2. The van der Waals surface area contributed by atoms with Crippen LogP contribution in [0.2, 0.25) is 0 Å². The maximum atomic E-state index is 12.0. The number of nitrogens with zero attached hydrogens (tertiary/aromatic N) is 2. The normalized spacial score (nSPS) is 15.9. The van der Waals surface area contributed by atoms with Gasteiger partial charge in [0, 0.05) is 18.8 Å². The Hall–Kier alpha value is -2.02. The van der Waals surface area contributed by atoms with Gasteiger partial charge in [-0.25, -0.2) is 0 Å². The van der Waals surface area contributed by atoms with Crippen molar-refractivity contribution in [1.82, 2.24) is 4.90 Å². The molecule has 0 spiro atoms. The van der Waals surface area contributed by atoms with E-state index in [1.807, 2.05) is 17.0 Å². The molecular weight excluding hydrogens is 238 g/mol. The molecule has 1 saturated heterocycles. The lowest BCUT2D eigenvalue weighted by molar-refractivity contribution is -0.130. The molecule has 100 valence electrons. The topological polar surface area (TPSA) is 56.1 Å². The van der Waals surface area contributed by atoms with Gasteiger partial charge in [-0.15, -0.1) is 0 Å². The van der Waals surface area contributed by atoms with Crippen LogP contribution in [0.15, 0.2) is 24.3 Å². The molecule has 1 fully saturated rings. The van der Waals surface area contributed by atoms with Gasteiger partial charge < -0.3 is 10.2 Å². The van der Waals surface area contributed by atoms with Crippen LogP contribution in [-0.2, 0) is 4.79 Å². The van der Waals surface area contributed by atoms with E-state index in [9.17, 15) is 4.79 Å². The number of piperidine rings is 1. The number of benzene rings is 1. The molecule has 0 unspecified atom stereocenters. The van der Waals surface area contributed by atoms with Crippen LogP contribution in [0.1, 0.15) is 25.3 Å². The monoisotopic (exact) mass is 257 g/mol. The lowest BCUT2D eigenvalue weighted by Crippen LogP contribution is -2.40. The van der Waals surface area contributed by atoms with Crippen molar-refractivity contribution >= 4 is 11.6 Å². The van der Waals surface area contributed by atoms with Crippen molar-refractivity contribution in [2.24, 2.45) is 5.92 Å². The van der Waals surface area contributed by atoms with Gasteiger partial charge in [0.15, 0.2) is 0 Å². The molecule has 1 amide bonds. The molecule has 4 heteroatoms. The van der Waals surface area contributed by atoms with Crippen LogP contribution in [-0.4, -0.2) is 30.4 Å². The molecule has 1 aliphatic rings. The van der Waals surface area contributed by atoms with E-state index in [0.29, 0.717) is 12.1 Å². The van der Waals surface area contributed by atoms with Gasteiger partial charge in [-0.2, -0.15) is 5.26 Å². The Balaban J connectivity index is 1.81. The number of hydrogen-bond acceptors (Lipinski definition) is 3. The van der Waals surface area contributed by atoms with Crippen molar-refractivity contribution in [3.63, 3.8) is 0 Å². The van der Waals surface area contributed by atoms with E-state index >= 15 is 0 Å². The summed E-state index contributed by atoms with van der Waals surface area (Å²) in [6.45, 7) is 4.29. The van der Waals surface area contributed by atoms with Crippen LogP contribution >= 0.6 is 0 Å². The van der Waals surface area contributed by atoms with Crippen LogP contribution in [0.25, 0.3) is 0 Å². The van der Waals surface area contributed by atoms with E-state index in [1.165, 1.54) is 0 Å². The Labute approximate surface area is 114 Å². The van der Waals surface area contributed by atoms with Crippen LogP contribution in [0.3, 0.4) is 0 Å². The third kappa shape index (κ3) is 3.72. The minimum absolute atomic E-state index is 0.149. The molecule has 0 bridgehead atoms. The minimum Gasteiger partial charge on any atom is -0.376 e. The molecule has 4 nitrogen and oxygen atoms in total. The first kappa shape index (κ1) is 13.4. The number of carbonyl (C=O) groups is 1. The number of likely N-dealkylation sites (tertiary alicyclic amines) is 1. The first-order chi connectivity index (χ1) is 9.19. The number of carbonyl (C=O) groups excluding carboxylic acids is 1. The zero-order chi connectivity index (χ0) is 13.7. The van der Waals surface area contributed by atoms with Gasteiger partial charge in [-0.3, -0.25) is 4.79 Å². The number of amides is 1. The van der Waals surface area contributed by atoms with Crippen LogP contribution in [0, 0.1) is 17.2 Å². The third-order valence-electron chi connectivity index (χ3n) is 3.59. The first-order valence-corrected chi connectivity index (χ1v) is 6.71. The highest BCUT2D eigenvalue weighted by Gasteiger charge is 2.19. The standard InChI is InChI=1S/C15H19N3O/c1-12-6-8-18(9-7-12)15(19)11-17-14-4-2-13(10-16)3-5-14/h2-5,12,17H,6-9,11H2,1H3. The minimum atomic E-state index is 0.149. The maximum absolute atomic E-state index is 12.0. The van der Waals surface area contributed by atoms with Gasteiger partial charge >= 0.3 is 0 Å². The lowest BCUT2D eigenvalue weighted by Gasteiger charge is -2.30. The first-order valence-electron chi connectivity index (χ1n) is 6.71. The SMILES string of the molecule is CC1CCN(C(=O)CNc2ccc(C#N)cc2)CC1. The number of nitrogens with one attached hydrogen (secondary N) is 1. The number of rotatable bonds is 3. The summed E-state index contributed by atoms with van der Waals surface area (Å²) >= 11 is 0. The lowest BCUT2D eigenvalue weighted by atomic mass is 9.99. The maximum Gasteiger partial charge on any atom is 0.241 e. The van der Waals surface area contributed by atoms with Crippen molar-refractivity contribution in [3.8, 4) is 6.07 Å². The van der Waals surface area contributed by atoms with Crippen molar-refractivity contribution in [3.05, 3.63) is 29.8 Å². The summed E-state index contributed by atoms with van der Waals surface area (Å²) in [5.74, 6) is 0.881. The highest BCUT2D eigenvalue weighted by molar-refractivity contribution is 5.81. The van der Waals surface area contributed by atoms with Crippen molar-refractivity contribution in [2.75, 3.05) is 25.0 Å². The van der Waals surface area contributed by atoms with Gasteiger partial charge in [0.2, 0.25) is 5.91 Å². The van der Waals surface area contributed by atoms with Crippen molar-refractivity contribution in [1.29, 1.82) is 5.26 Å². The smallest absolute Gasteiger partial charge is 0.241 e. The average Bonchev–Trinajstić information content (AvgIpc) is 2.46. The summed E-state index contributed by atoms with van der Waals surface area (Å²) in [7, 11) is 0. The molecule has 0 radical (unpaired) electrons. The fraction of sp³-hybridized carbons (Fsp3) is 0.467. The van der Waals surface area contributed by atoms with Crippen molar-refractivity contribution < 1.29 is 4.79 Å². The van der Waals surface area contributed by atoms with Gasteiger partial charge in [0.25, 0.3) is 0 Å². The Morgan fingerprint density at radius 1 is 1.37 bits per heavy atom. The average molecular weight is 257 g/mol. The Bertz CT molecular complexity index is 467. The highest BCUT2D eigenvalue weighted by atomic mass is 16.2. The van der Waals surface area contributed by atoms with E-state index in [2.05, 4.69) is 18.3 Å². The van der Waals surface area contributed by atoms with E-state index in [1.54, 1.807) is 12.1 Å². The van der Waals surface area contributed by atoms with Crippen LogP contribution < -0.4 is 5.32 Å². The second-order valence-corrected chi connectivity index (χ2v) is 5.11. The molecule has 1 aromatic rings. The number of anilines is 1. The summed E-state index contributed by atoms with van der Waals surface area (Å²) in [4.78, 5) is 13.9. The molecule has 0 aromatic heterocycles. The van der Waals surface area contributed by atoms with Gasteiger partial charge in [-0.05, 0) is 43.0 Å². The van der Waals surface area contributed by atoms with Crippen molar-refractivity contribution in [2.45, 2.75) is 19.8 Å². The molecule has 0 saturated carbocycles. The third-order valence-corrected chi connectivity index (χ3v) is 3.59. The van der Waals surface area contributed by atoms with Crippen LogP contribution in [0.5, 0.6) is 0 Å². The van der Waals surface area contributed by atoms with E-state index in [-0.39, 0.29) is 5.91 Å². The molecule has 0 aliphatic carbocycles. The predicted molar refractivity (Wildman–Crippen MR) is 74.6 cm³/mol. The second-order valence-electron chi connectivity index (χ2n) is 5.11. The second kappa shape index (κ2) is 6.24. The fourth-order valence-electron chi connectivity index (χ4n) is 2.21. The Morgan fingerprint density at radius 3 is 2.58 bits per heavy atom. The summed E-state index contributed by atoms with van der Waals surface area (Å²) in [6.07, 6.45) is 2.20. The number of hydrogen-bond donors (Lipinski definition) is 1. The molecule has 19 heavy (non-hydrogen) atoms. The summed E-state index contributed by atoms with van der Waals surface area (Å²) in [6, 6.07) is 9.21. The Kier molecular flexibility index (Phi) is 4.40. The quantitative estimate of drug-likeness (QED) is 0.903. The summed E-state index contributed by atoms with van der Waals surface area (Å²) in [5, 5.41) is 11.8. The molecule has 0 atom stereocenters. The molecule has 1 heterocycles. The Morgan fingerprint density at radius 2 is 2.00 bits per heavy atom. The number of nitriles is 1. The van der Waals surface area contributed by atoms with E-state index < -0.39 is 0 Å². The van der Waals surface area contributed by atoms with Gasteiger partial charge in [-0.1, -0.05) is 6.92 Å². The van der Waals surface area contributed by atoms with Crippen LogP contribution in [0.4, 0.5) is 5.69 Å². The summed E-state index contributed by atoms with van der Waals surface area (Å²) < 4.78 is 0. The van der Waals surface area contributed by atoms with Gasteiger partial charge in [0.1, 0.15) is 0 Å². The molecule has 1 aliphatic heterocycles. The fourth-order valence-corrected chi connectivity index (χ4v) is 2.21. The molecule has 2 rings (SSSR count). The zero-order valence-corrected chi connectivity index (χ0v) is 11.2. The van der Waals surface area contributed by atoms with E-state index in [0.717, 1.165) is 37.5 Å². The largest absolute Gasteiger partial charge is 0.376 e. The van der Waals surface area contributed by atoms with E-state index in [4.69, 9.17) is 5.26 Å². The molecular formula is C15H19N3O. The molecule has 1 N–H and O–H groups in total. The predicted octanol–water partition coefficient (Wildman–Crippen LogP) is 2.23. The van der Waals surface area contributed by atoms with Gasteiger partial charge in [0.05, 0.1) is 18.2 Å². The molecule has 1 aromatic carbocycles. The summed E-state index contributed by atoms with van der Waals surface area (Å²) in [5.41, 5.74) is 1.50. The highest BCUT2D eigenvalue weighted by Crippen LogP contribution is 2.16.